The van der Waals surface area contributed by atoms with Crippen LogP contribution in [0.1, 0.15) is 5.56 Å². The number of pyridine rings is 1. The van der Waals surface area contributed by atoms with Crippen molar-refractivity contribution < 1.29 is 9.47 Å². The van der Waals surface area contributed by atoms with E-state index in [-0.39, 0.29) is 16.7 Å². The van der Waals surface area contributed by atoms with Gasteiger partial charge in [0, 0.05) is 11.8 Å². The monoisotopic (exact) mass is 291 g/mol. The molecule has 1 aromatic carbocycles. The molecule has 0 spiro atoms. The normalized spacial score (nSPS) is 10.1. The van der Waals surface area contributed by atoms with Crippen LogP contribution in [-0.4, -0.2) is 24.0 Å². The average molecular weight is 292 g/mol. The minimum atomic E-state index is -0.122. The second kappa shape index (κ2) is 6.77. The van der Waals surface area contributed by atoms with Gasteiger partial charge in [0.1, 0.15) is 29.8 Å². The van der Waals surface area contributed by atoms with E-state index in [1.54, 1.807) is 6.07 Å². The molecule has 0 saturated carbocycles. The Morgan fingerprint density at radius 3 is 2.55 bits per heavy atom. The highest BCUT2D eigenvalue weighted by Crippen LogP contribution is 2.25. The van der Waals surface area contributed by atoms with Crippen LogP contribution in [0.3, 0.4) is 0 Å². The number of ether oxygens (including phenoxy) is 2. The van der Waals surface area contributed by atoms with E-state index < -0.39 is 0 Å². The van der Waals surface area contributed by atoms with Gasteiger partial charge in [-0.3, -0.25) is 5.41 Å². The summed E-state index contributed by atoms with van der Waals surface area (Å²) in [6.45, 7) is 0.662. The summed E-state index contributed by atoms with van der Waals surface area (Å²) in [4.78, 5) is 4.00. The maximum absolute atomic E-state index is 7.38. The Hall–Kier alpha value is -2.27. The zero-order valence-corrected chi connectivity index (χ0v) is 11.4. The summed E-state index contributed by atoms with van der Waals surface area (Å²) in [6, 6.07) is 11.0. The van der Waals surface area contributed by atoms with Gasteiger partial charge in [0.2, 0.25) is 5.88 Å². The number of halogens is 1. The molecule has 104 valence electrons. The van der Waals surface area contributed by atoms with E-state index in [1.807, 2.05) is 30.3 Å². The highest BCUT2D eigenvalue weighted by atomic mass is 35.5. The second-order valence-corrected chi connectivity index (χ2v) is 4.28. The molecule has 2 rings (SSSR count). The van der Waals surface area contributed by atoms with Gasteiger partial charge in [0.25, 0.3) is 0 Å². The molecule has 1 aromatic heterocycles. The molecule has 0 amide bonds. The van der Waals surface area contributed by atoms with E-state index >= 15 is 0 Å². The second-order valence-electron chi connectivity index (χ2n) is 3.90. The number of nitrogens with one attached hydrogen (secondary N) is 1. The number of nitrogen functional groups attached to an aromatic ring is 1. The van der Waals surface area contributed by atoms with Crippen LogP contribution < -0.4 is 15.2 Å². The Kier molecular flexibility index (Phi) is 4.79. The first-order valence-electron chi connectivity index (χ1n) is 5.98. The molecule has 1 heterocycles. The van der Waals surface area contributed by atoms with Crippen molar-refractivity contribution in [2.45, 2.75) is 0 Å². The molecular formula is C14H14ClN3O2. The number of hydrogen-bond acceptors (Lipinski definition) is 4. The predicted octanol–water partition coefficient (Wildman–Crippen LogP) is 2.48. The smallest absolute Gasteiger partial charge is 0.233 e. The number of para-hydroxylation sites is 1. The predicted molar refractivity (Wildman–Crippen MR) is 77.7 cm³/mol. The lowest BCUT2D eigenvalue weighted by Gasteiger charge is -2.10. The quantitative estimate of drug-likeness (QED) is 0.487. The molecule has 5 nitrogen and oxygen atoms in total. The summed E-state index contributed by atoms with van der Waals surface area (Å²) in [7, 11) is 0. The first-order valence-corrected chi connectivity index (χ1v) is 6.36. The molecule has 0 saturated heterocycles. The third-order valence-electron chi connectivity index (χ3n) is 2.48. The number of benzene rings is 1. The first kappa shape index (κ1) is 14.1. The molecule has 0 bridgehead atoms. The SMILES string of the molecule is N=C(N)c1ccnc(OCCOc2ccccc2)c1Cl. The Morgan fingerprint density at radius 1 is 1.15 bits per heavy atom. The number of rotatable bonds is 6. The molecule has 20 heavy (non-hydrogen) atoms. The molecule has 0 radical (unpaired) electrons. The van der Waals surface area contributed by atoms with Crippen molar-refractivity contribution >= 4 is 17.4 Å². The summed E-state index contributed by atoms with van der Waals surface area (Å²) in [5, 5.41) is 7.62. The van der Waals surface area contributed by atoms with Crippen LogP contribution in [0.2, 0.25) is 5.02 Å². The largest absolute Gasteiger partial charge is 0.490 e. The summed E-state index contributed by atoms with van der Waals surface area (Å²) >= 11 is 6.05. The zero-order chi connectivity index (χ0) is 14.4. The first-order chi connectivity index (χ1) is 9.68. The van der Waals surface area contributed by atoms with Gasteiger partial charge >= 0.3 is 0 Å². The van der Waals surface area contributed by atoms with Crippen LogP contribution >= 0.6 is 11.6 Å². The standard InChI is InChI=1S/C14H14ClN3O2/c15-12-11(13(16)17)6-7-18-14(12)20-9-8-19-10-4-2-1-3-5-10/h1-7H,8-9H2,(H3,16,17). The molecule has 6 heteroatoms. The van der Waals surface area contributed by atoms with Gasteiger partial charge < -0.3 is 15.2 Å². The van der Waals surface area contributed by atoms with Gasteiger partial charge in [0.05, 0.1) is 0 Å². The lowest BCUT2D eigenvalue weighted by molar-refractivity contribution is 0.212. The number of hydrogen-bond donors (Lipinski definition) is 2. The van der Waals surface area contributed by atoms with Crippen LogP contribution in [0.15, 0.2) is 42.6 Å². The molecule has 0 aliphatic heterocycles. The van der Waals surface area contributed by atoms with Crippen molar-refractivity contribution in [1.82, 2.24) is 4.98 Å². The number of aromatic nitrogens is 1. The lowest BCUT2D eigenvalue weighted by atomic mass is 10.2. The Labute approximate surface area is 121 Å². The fourth-order valence-electron chi connectivity index (χ4n) is 1.55. The zero-order valence-electron chi connectivity index (χ0n) is 10.7. The fourth-order valence-corrected chi connectivity index (χ4v) is 1.82. The summed E-state index contributed by atoms with van der Waals surface area (Å²) in [5.41, 5.74) is 5.81. The maximum Gasteiger partial charge on any atom is 0.233 e. The van der Waals surface area contributed by atoms with Gasteiger partial charge in [0.15, 0.2) is 0 Å². The Balaban J connectivity index is 1.88. The molecule has 0 aliphatic carbocycles. The number of amidine groups is 1. The van der Waals surface area contributed by atoms with Gasteiger partial charge in [-0.2, -0.15) is 0 Å². The van der Waals surface area contributed by atoms with Crippen molar-refractivity contribution in [3.05, 3.63) is 53.2 Å². The van der Waals surface area contributed by atoms with Crippen LogP contribution in [0.5, 0.6) is 11.6 Å². The van der Waals surface area contributed by atoms with E-state index in [0.29, 0.717) is 18.8 Å². The van der Waals surface area contributed by atoms with Crippen LogP contribution in [0.25, 0.3) is 0 Å². The third kappa shape index (κ3) is 3.61. The molecule has 0 unspecified atom stereocenters. The van der Waals surface area contributed by atoms with Crippen LogP contribution in [-0.2, 0) is 0 Å². The summed E-state index contributed by atoms with van der Waals surface area (Å²) in [5.74, 6) is 0.895. The van der Waals surface area contributed by atoms with E-state index in [0.717, 1.165) is 5.75 Å². The van der Waals surface area contributed by atoms with Gasteiger partial charge in [-0.1, -0.05) is 29.8 Å². The van der Waals surface area contributed by atoms with Crippen molar-refractivity contribution in [1.29, 1.82) is 5.41 Å². The van der Waals surface area contributed by atoms with Crippen LogP contribution in [0, 0.1) is 5.41 Å². The highest BCUT2D eigenvalue weighted by Gasteiger charge is 2.10. The van der Waals surface area contributed by atoms with E-state index in [1.165, 1.54) is 6.20 Å². The summed E-state index contributed by atoms with van der Waals surface area (Å²) in [6.07, 6.45) is 1.50. The molecule has 0 fully saturated rings. The summed E-state index contributed by atoms with van der Waals surface area (Å²) < 4.78 is 10.9. The van der Waals surface area contributed by atoms with Crippen molar-refractivity contribution in [2.75, 3.05) is 13.2 Å². The maximum atomic E-state index is 7.38. The molecule has 2 aromatic rings. The van der Waals surface area contributed by atoms with Crippen molar-refractivity contribution in [3.63, 3.8) is 0 Å². The topological polar surface area (TPSA) is 81.2 Å². The molecule has 0 aliphatic rings. The fraction of sp³-hybridized carbons (Fsp3) is 0.143. The van der Waals surface area contributed by atoms with Crippen molar-refractivity contribution in [3.8, 4) is 11.6 Å². The van der Waals surface area contributed by atoms with Gasteiger partial charge in [-0.05, 0) is 18.2 Å². The molecule has 3 N–H and O–H groups in total. The van der Waals surface area contributed by atoms with E-state index in [2.05, 4.69) is 4.98 Å². The van der Waals surface area contributed by atoms with Gasteiger partial charge in [-0.15, -0.1) is 0 Å². The molecular weight excluding hydrogens is 278 g/mol. The lowest BCUT2D eigenvalue weighted by Crippen LogP contribution is -2.14. The average Bonchev–Trinajstić information content (AvgIpc) is 2.46. The van der Waals surface area contributed by atoms with E-state index in [4.69, 9.17) is 32.2 Å². The number of nitrogens with two attached hydrogens (primary N) is 1. The van der Waals surface area contributed by atoms with E-state index in [9.17, 15) is 0 Å². The van der Waals surface area contributed by atoms with Crippen LogP contribution in [0.4, 0.5) is 0 Å². The minimum Gasteiger partial charge on any atom is -0.490 e. The third-order valence-corrected chi connectivity index (χ3v) is 2.85. The van der Waals surface area contributed by atoms with Gasteiger partial charge in [-0.25, -0.2) is 4.98 Å². The number of nitrogens with zero attached hydrogens (tertiary/aromatic N) is 1. The molecule has 0 atom stereocenters. The minimum absolute atomic E-state index is 0.122. The highest BCUT2D eigenvalue weighted by molar-refractivity contribution is 6.35. The Bertz CT molecular complexity index is 590. The Morgan fingerprint density at radius 2 is 1.85 bits per heavy atom. The van der Waals surface area contributed by atoms with Crippen molar-refractivity contribution in [2.24, 2.45) is 5.73 Å².